The van der Waals surface area contributed by atoms with Gasteiger partial charge in [-0.1, -0.05) is 20.8 Å². The molecule has 0 aliphatic heterocycles. The molecule has 0 atom stereocenters. The summed E-state index contributed by atoms with van der Waals surface area (Å²) in [7, 11) is 3.32. The van der Waals surface area contributed by atoms with Crippen LogP contribution in [0.5, 0.6) is 17.2 Å². The van der Waals surface area contributed by atoms with Crippen LogP contribution in [-0.4, -0.2) is 38.9 Å². The van der Waals surface area contributed by atoms with E-state index in [1.807, 2.05) is 36.4 Å². The Morgan fingerprint density at radius 2 is 1.60 bits per heavy atom. The number of aromatic nitrogens is 1. The van der Waals surface area contributed by atoms with Gasteiger partial charge in [-0.25, -0.2) is 0 Å². The lowest BCUT2D eigenvalue weighted by Crippen LogP contribution is -2.20. The van der Waals surface area contributed by atoms with E-state index in [9.17, 15) is 0 Å². The van der Waals surface area contributed by atoms with Gasteiger partial charge >= 0.3 is 0 Å². The highest BCUT2D eigenvalue weighted by molar-refractivity contribution is 5.94. The summed E-state index contributed by atoms with van der Waals surface area (Å²) >= 11 is 0. The molecule has 1 heterocycles. The van der Waals surface area contributed by atoms with Gasteiger partial charge in [0, 0.05) is 34.4 Å². The van der Waals surface area contributed by atoms with E-state index in [4.69, 9.17) is 14.2 Å². The van der Waals surface area contributed by atoms with E-state index in [-0.39, 0.29) is 0 Å². The van der Waals surface area contributed by atoms with Crippen LogP contribution in [0.1, 0.15) is 32.3 Å². The van der Waals surface area contributed by atoms with Crippen molar-refractivity contribution >= 4 is 22.3 Å². The third kappa shape index (κ3) is 5.54. The molecule has 35 heavy (non-hydrogen) atoms. The number of hydrogen-bond acceptors (Lipinski definition) is 5. The predicted octanol–water partition coefficient (Wildman–Crippen LogP) is 6.71. The maximum absolute atomic E-state index is 5.78. The number of H-pyrrole nitrogens is 1. The molecule has 0 saturated carbocycles. The second kappa shape index (κ2) is 11.2. The maximum atomic E-state index is 5.78. The molecule has 1 aromatic heterocycles. The third-order valence-electron chi connectivity index (χ3n) is 6.03. The largest absolute Gasteiger partial charge is 0.493 e. The van der Waals surface area contributed by atoms with Crippen molar-refractivity contribution in [2.45, 2.75) is 26.7 Å². The number of ether oxygens (including phenoxy) is 3. The van der Waals surface area contributed by atoms with E-state index >= 15 is 0 Å². The van der Waals surface area contributed by atoms with Gasteiger partial charge in [-0.15, -0.1) is 0 Å². The fourth-order valence-electron chi connectivity index (χ4n) is 4.33. The van der Waals surface area contributed by atoms with Crippen LogP contribution in [0.4, 0.5) is 11.4 Å². The number of methoxy groups -OCH3 is 2. The predicted molar refractivity (Wildman–Crippen MR) is 145 cm³/mol. The van der Waals surface area contributed by atoms with Crippen molar-refractivity contribution in [2.24, 2.45) is 0 Å². The van der Waals surface area contributed by atoms with E-state index in [1.165, 1.54) is 10.9 Å². The summed E-state index contributed by atoms with van der Waals surface area (Å²) in [5.41, 5.74) is 6.62. The number of fused-ring (bicyclic) bond motifs is 1. The van der Waals surface area contributed by atoms with Gasteiger partial charge < -0.3 is 29.8 Å². The van der Waals surface area contributed by atoms with E-state index in [0.717, 1.165) is 58.5 Å². The first-order chi connectivity index (χ1) is 17.0. The average Bonchev–Trinajstić information content (AvgIpc) is 3.26. The average molecular weight is 474 g/mol. The van der Waals surface area contributed by atoms with E-state index in [1.54, 1.807) is 14.2 Å². The lowest BCUT2D eigenvalue weighted by Gasteiger charge is -2.12. The van der Waals surface area contributed by atoms with E-state index in [2.05, 4.69) is 60.7 Å². The summed E-state index contributed by atoms with van der Waals surface area (Å²) < 4.78 is 16.7. The number of nitrogens with one attached hydrogen (secondary N) is 3. The van der Waals surface area contributed by atoms with Crippen molar-refractivity contribution in [1.82, 2.24) is 10.3 Å². The van der Waals surface area contributed by atoms with Gasteiger partial charge in [0.05, 0.1) is 19.9 Å². The summed E-state index contributed by atoms with van der Waals surface area (Å²) in [6.07, 6.45) is 0. The minimum absolute atomic E-state index is 0.334. The number of benzene rings is 3. The van der Waals surface area contributed by atoms with Crippen molar-refractivity contribution in [3.05, 3.63) is 66.2 Å². The van der Waals surface area contributed by atoms with Crippen molar-refractivity contribution in [2.75, 3.05) is 39.2 Å². The first-order valence-corrected chi connectivity index (χ1v) is 12.1. The summed E-state index contributed by atoms with van der Waals surface area (Å²) in [6, 6.07) is 20.6. The quantitative estimate of drug-likeness (QED) is 0.211. The fraction of sp³-hybridized carbons (Fsp3) is 0.310. The van der Waals surface area contributed by atoms with Gasteiger partial charge in [0.15, 0.2) is 11.5 Å². The lowest BCUT2D eigenvalue weighted by molar-refractivity contribution is 0.315. The number of aromatic amines is 1. The van der Waals surface area contributed by atoms with Crippen molar-refractivity contribution < 1.29 is 14.2 Å². The Bertz CT molecular complexity index is 1260. The minimum Gasteiger partial charge on any atom is -0.493 e. The lowest BCUT2D eigenvalue weighted by atomic mass is 9.95. The molecule has 0 fully saturated rings. The van der Waals surface area contributed by atoms with Gasteiger partial charge in [-0.05, 0) is 78.7 Å². The molecule has 4 rings (SSSR count). The van der Waals surface area contributed by atoms with Crippen LogP contribution in [-0.2, 0) is 0 Å². The summed E-state index contributed by atoms with van der Waals surface area (Å²) in [4.78, 5) is 3.63. The molecule has 0 unspecified atom stereocenters. The number of anilines is 2. The van der Waals surface area contributed by atoms with Crippen LogP contribution in [0, 0.1) is 0 Å². The Morgan fingerprint density at radius 3 is 2.29 bits per heavy atom. The Balaban J connectivity index is 1.60. The molecule has 3 aromatic carbocycles. The second-order valence-corrected chi connectivity index (χ2v) is 8.75. The van der Waals surface area contributed by atoms with Crippen molar-refractivity contribution in [1.29, 1.82) is 0 Å². The van der Waals surface area contributed by atoms with Crippen LogP contribution in [0.15, 0.2) is 60.7 Å². The Labute approximate surface area is 207 Å². The smallest absolute Gasteiger partial charge is 0.161 e. The zero-order valence-corrected chi connectivity index (χ0v) is 21.2. The molecule has 0 radical (unpaired) electrons. The molecule has 0 aliphatic carbocycles. The topological polar surface area (TPSA) is 67.5 Å². The number of rotatable bonds is 11. The van der Waals surface area contributed by atoms with E-state index in [0.29, 0.717) is 12.5 Å². The Hall–Kier alpha value is -3.64. The Kier molecular flexibility index (Phi) is 7.83. The van der Waals surface area contributed by atoms with Crippen LogP contribution >= 0.6 is 0 Å². The highest BCUT2D eigenvalue weighted by Gasteiger charge is 2.18. The van der Waals surface area contributed by atoms with Gasteiger partial charge in [0.25, 0.3) is 0 Å². The molecule has 4 aromatic rings. The Morgan fingerprint density at radius 1 is 0.857 bits per heavy atom. The molecule has 184 valence electrons. The molecule has 3 N–H and O–H groups in total. The first-order valence-electron chi connectivity index (χ1n) is 12.1. The second-order valence-electron chi connectivity index (χ2n) is 8.75. The summed E-state index contributed by atoms with van der Waals surface area (Å²) in [5.74, 6) is 2.64. The van der Waals surface area contributed by atoms with Crippen LogP contribution in [0.25, 0.3) is 22.2 Å². The third-order valence-corrected chi connectivity index (χ3v) is 6.03. The maximum Gasteiger partial charge on any atom is 0.161 e. The van der Waals surface area contributed by atoms with Gasteiger partial charge in [-0.3, -0.25) is 0 Å². The van der Waals surface area contributed by atoms with Gasteiger partial charge in [0.2, 0.25) is 0 Å². The molecule has 0 bridgehead atoms. The van der Waals surface area contributed by atoms with Crippen LogP contribution in [0.3, 0.4) is 0 Å². The zero-order chi connectivity index (χ0) is 24.8. The molecule has 0 spiro atoms. The van der Waals surface area contributed by atoms with Gasteiger partial charge in [0.1, 0.15) is 12.4 Å². The number of hydrogen-bond donors (Lipinski definition) is 3. The van der Waals surface area contributed by atoms with Crippen molar-refractivity contribution in [3.63, 3.8) is 0 Å². The minimum atomic E-state index is 0.334. The first kappa shape index (κ1) is 24.5. The molecular weight excluding hydrogens is 438 g/mol. The van der Waals surface area contributed by atoms with Gasteiger partial charge in [-0.2, -0.15) is 0 Å². The summed E-state index contributed by atoms with van der Waals surface area (Å²) in [5, 5.41) is 8.00. The zero-order valence-electron chi connectivity index (χ0n) is 21.2. The molecule has 6 nitrogen and oxygen atoms in total. The molecule has 0 aliphatic rings. The SMILES string of the molecule is CCNCCOc1ccc(Nc2ccc3[nH]c(-c4ccc(OC)c(OC)c4)c(C(C)C)c3c2)cc1. The molecule has 0 saturated heterocycles. The highest BCUT2D eigenvalue weighted by atomic mass is 16.5. The molecule has 6 heteroatoms. The number of likely N-dealkylation sites (N-methyl/N-ethyl adjacent to an activating group) is 1. The summed E-state index contributed by atoms with van der Waals surface area (Å²) in [6.45, 7) is 8.99. The molecular formula is C29H35N3O3. The normalized spacial score (nSPS) is 11.1. The van der Waals surface area contributed by atoms with Crippen LogP contribution < -0.4 is 24.8 Å². The highest BCUT2D eigenvalue weighted by Crippen LogP contribution is 2.39. The standard InChI is InChI=1S/C29H35N3O3/c1-6-30-15-16-35-23-11-8-21(9-12-23)31-22-10-13-25-24(18-22)28(19(2)3)29(32-25)20-7-14-26(33-4)27(17-20)34-5/h7-14,17-19,30-32H,6,15-16H2,1-5H3. The monoisotopic (exact) mass is 473 g/mol. The van der Waals surface area contributed by atoms with E-state index < -0.39 is 0 Å². The van der Waals surface area contributed by atoms with Crippen LogP contribution in [0.2, 0.25) is 0 Å². The van der Waals surface area contributed by atoms with Crippen molar-refractivity contribution in [3.8, 4) is 28.5 Å². The fourth-order valence-corrected chi connectivity index (χ4v) is 4.33. The molecule has 0 amide bonds.